The zero-order chi connectivity index (χ0) is 15.9. The summed E-state index contributed by atoms with van der Waals surface area (Å²) in [6.07, 6.45) is 4.72. The lowest BCUT2D eigenvalue weighted by molar-refractivity contribution is -0.137. The molecular formula is C17H26N2O2S. The summed E-state index contributed by atoms with van der Waals surface area (Å²) in [5.74, 6) is 0.148. The molecule has 1 aliphatic rings. The van der Waals surface area contributed by atoms with Crippen molar-refractivity contribution < 1.29 is 9.59 Å². The minimum atomic E-state index is -0.276. The van der Waals surface area contributed by atoms with Crippen molar-refractivity contribution in [2.75, 3.05) is 19.6 Å². The van der Waals surface area contributed by atoms with E-state index in [-0.39, 0.29) is 17.9 Å². The average molecular weight is 322 g/mol. The molecule has 0 bridgehead atoms. The van der Waals surface area contributed by atoms with Gasteiger partial charge in [-0.3, -0.25) is 9.59 Å². The normalized spacial score (nSPS) is 18.3. The molecule has 2 amide bonds. The van der Waals surface area contributed by atoms with E-state index in [9.17, 15) is 9.59 Å². The quantitative estimate of drug-likeness (QED) is 0.805. The summed E-state index contributed by atoms with van der Waals surface area (Å²) < 4.78 is 0. The maximum atomic E-state index is 12.9. The molecule has 4 nitrogen and oxygen atoms in total. The summed E-state index contributed by atoms with van der Waals surface area (Å²) in [4.78, 5) is 30.0. The number of thiophene rings is 1. The first-order chi connectivity index (χ1) is 10.7. The second-order valence-corrected chi connectivity index (χ2v) is 6.76. The van der Waals surface area contributed by atoms with Gasteiger partial charge in [0.25, 0.3) is 5.91 Å². The third-order valence-electron chi connectivity index (χ3n) is 4.08. The molecule has 1 unspecified atom stereocenters. The Morgan fingerprint density at radius 3 is 2.59 bits per heavy atom. The maximum Gasteiger partial charge on any atom is 0.264 e. The van der Waals surface area contributed by atoms with E-state index in [1.807, 2.05) is 22.4 Å². The van der Waals surface area contributed by atoms with Crippen LogP contribution in [0.5, 0.6) is 0 Å². The molecule has 1 saturated heterocycles. The van der Waals surface area contributed by atoms with E-state index in [0.29, 0.717) is 6.54 Å². The van der Waals surface area contributed by atoms with E-state index in [1.54, 1.807) is 4.90 Å². The number of likely N-dealkylation sites (tertiary alicyclic amines) is 1. The number of nitrogens with zero attached hydrogens (tertiary/aromatic N) is 2. The average Bonchev–Trinajstić information content (AvgIpc) is 3.08. The van der Waals surface area contributed by atoms with Crippen LogP contribution in [0.2, 0.25) is 0 Å². The van der Waals surface area contributed by atoms with Crippen LogP contribution >= 0.6 is 11.3 Å². The molecule has 1 aromatic rings. The minimum Gasteiger partial charge on any atom is -0.341 e. The molecule has 5 heteroatoms. The molecular weight excluding hydrogens is 296 g/mol. The van der Waals surface area contributed by atoms with Gasteiger partial charge in [-0.25, -0.2) is 0 Å². The number of carbonyl (C=O) groups is 2. The van der Waals surface area contributed by atoms with E-state index in [1.165, 1.54) is 11.3 Å². The van der Waals surface area contributed by atoms with Crippen LogP contribution in [0.4, 0.5) is 0 Å². The van der Waals surface area contributed by atoms with Crippen molar-refractivity contribution in [1.82, 2.24) is 9.80 Å². The van der Waals surface area contributed by atoms with Crippen LogP contribution in [-0.2, 0) is 4.79 Å². The molecule has 0 aromatic carbocycles. The fourth-order valence-corrected chi connectivity index (χ4v) is 3.73. The van der Waals surface area contributed by atoms with Crippen LogP contribution in [0.1, 0.15) is 55.6 Å². The Morgan fingerprint density at radius 2 is 2.00 bits per heavy atom. The molecule has 0 aliphatic carbocycles. The van der Waals surface area contributed by atoms with E-state index in [0.717, 1.165) is 50.1 Å². The number of carbonyl (C=O) groups excluding carboxylic acids is 2. The summed E-state index contributed by atoms with van der Waals surface area (Å²) in [7, 11) is 0. The molecule has 122 valence electrons. The molecule has 1 aliphatic heterocycles. The molecule has 1 atom stereocenters. The molecule has 0 radical (unpaired) electrons. The van der Waals surface area contributed by atoms with Gasteiger partial charge in [-0.2, -0.15) is 0 Å². The number of piperidine rings is 1. The van der Waals surface area contributed by atoms with Gasteiger partial charge in [0.1, 0.15) is 6.04 Å². The van der Waals surface area contributed by atoms with Crippen molar-refractivity contribution >= 4 is 23.2 Å². The fourth-order valence-electron chi connectivity index (χ4n) is 3.06. The molecule has 0 N–H and O–H groups in total. The molecule has 2 rings (SSSR count). The standard InChI is InChI=1S/C17H26N2O2S/c1-3-10-18(11-4-2)16(20)14-8-5-6-12-19(14)17(21)15-9-7-13-22-15/h7,9,13-14H,3-6,8,10-12H2,1-2H3. The van der Waals surface area contributed by atoms with Crippen molar-refractivity contribution in [3.05, 3.63) is 22.4 Å². The summed E-state index contributed by atoms with van der Waals surface area (Å²) in [6, 6.07) is 3.46. The lowest BCUT2D eigenvalue weighted by Crippen LogP contribution is -2.53. The van der Waals surface area contributed by atoms with Gasteiger partial charge in [0, 0.05) is 19.6 Å². The monoisotopic (exact) mass is 322 g/mol. The molecule has 2 heterocycles. The van der Waals surface area contributed by atoms with Gasteiger partial charge >= 0.3 is 0 Å². The van der Waals surface area contributed by atoms with Gasteiger partial charge in [-0.15, -0.1) is 11.3 Å². The molecule has 0 saturated carbocycles. The first kappa shape index (κ1) is 17.0. The van der Waals surface area contributed by atoms with Crippen LogP contribution in [-0.4, -0.2) is 47.3 Å². The highest BCUT2D eigenvalue weighted by Crippen LogP contribution is 2.23. The zero-order valence-electron chi connectivity index (χ0n) is 13.6. The highest BCUT2D eigenvalue weighted by atomic mass is 32.1. The van der Waals surface area contributed by atoms with Gasteiger partial charge in [0.2, 0.25) is 5.91 Å². The second-order valence-electron chi connectivity index (χ2n) is 5.81. The molecule has 1 aromatic heterocycles. The lowest BCUT2D eigenvalue weighted by atomic mass is 10.00. The van der Waals surface area contributed by atoms with Gasteiger partial charge in [0.15, 0.2) is 0 Å². The highest BCUT2D eigenvalue weighted by Gasteiger charge is 2.35. The predicted octanol–water partition coefficient (Wildman–Crippen LogP) is 3.39. The Kier molecular flexibility index (Phi) is 6.43. The van der Waals surface area contributed by atoms with Crippen LogP contribution < -0.4 is 0 Å². The zero-order valence-corrected chi connectivity index (χ0v) is 14.4. The Labute approximate surface area is 137 Å². The van der Waals surface area contributed by atoms with Crippen molar-refractivity contribution in [3.8, 4) is 0 Å². The van der Waals surface area contributed by atoms with Crippen molar-refractivity contribution in [1.29, 1.82) is 0 Å². The molecule has 22 heavy (non-hydrogen) atoms. The molecule has 0 spiro atoms. The smallest absolute Gasteiger partial charge is 0.264 e. The van der Waals surface area contributed by atoms with Crippen molar-refractivity contribution in [2.24, 2.45) is 0 Å². The first-order valence-corrected chi connectivity index (χ1v) is 9.20. The Morgan fingerprint density at radius 1 is 1.27 bits per heavy atom. The largest absolute Gasteiger partial charge is 0.341 e. The number of amides is 2. The van der Waals surface area contributed by atoms with Crippen molar-refractivity contribution in [2.45, 2.75) is 52.0 Å². The SMILES string of the molecule is CCCN(CCC)C(=O)C1CCCCN1C(=O)c1cccs1. The summed E-state index contributed by atoms with van der Waals surface area (Å²) >= 11 is 1.45. The third kappa shape index (κ3) is 3.88. The number of hydrogen-bond donors (Lipinski definition) is 0. The topological polar surface area (TPSA) is 40.6 Å². The Hall–Kier alpha value is -1.36. The predicted molar refractivity (Wildman–Crippen MR) is 90.2 cm³/mol. The summed E-state index contributed by atoms with van der Waals surface area (Å²) in [6.45, 7) is 6.43. The van der Waals surface area contributed by atoms with Gasteiger partial charge in [0.05, 0.1) is 4.88 Å². The Balaban J connectivity index is 2.14. The van der Waals surface area contributed by atoms with Crippen molar-refractivity contribution in [3.63, 3.8) is 0 Å². The van der Waals surface area contributed by atoms with Crippen LogP contribution in [0.25, 0.3) is 0 Å². The van der Waals surface area contributed by atoms with Crippen LogP contribution in [0.15, 0.2) is 17.5 Å². The number of rotatable bonds is 6. The summed E-state index contributed by atoms with van der Waals surface area (Å²) in [5.41, 5.74) is 0. The van der Waals surface area contributed by atoms with Gasteiger partial charge in [-0.05, 0) is 43.6 Å². The van der Waals surface area contributed by atoms with E-state index >= 15 is 0 Å². The summed E-state index contributed by atoms with van der Waals surface area (Å²) in [5, 5.41) is 1.91. The van der Waals surface area contributed by atoms with E-state index in [2.05, 4.69) is 13.8 Å². The lowest BCUT2D eigenvalue weighted by Gasteiger charge is -2.37. The number of hydrogen-bond acceptors (Lipinski definition) is 3. The maximum absolute atomic E-state index is 12.9. The van der Waals surface area contributed by atoms with E-state index in [4.69, 9.17) is 0 Å². The van der Waals surface area contributed by atoms with Crippen LogP contribution in [0.3, 0.4) is 0 Å². The second kappa shape index (κ2) is 8.32. The fraction of sp³-hybridized carbons (Fsp3) is 0.647. The van der Waals surface area contributed by atoms with Gasteiger partial charge in [-0.1, -0.05) is 19.9 Å². The van der Waals surface area contributed by atoms with E-state index < -0.39 is 0 Å². The van der Waals surface area contributed by atoms with Crippen LogP contribution in [0, 0.1) is 0 Å². The highest BCUT2D eigenvalue weighted by molar-refractivity contribution is 7.12. The molecule has 1 fully saturated rings. The minimum absolute atomic E-state index is 0.0148. The first-order valence-electron chi connectivity index (χ1n) is 8.32. The Bertz CT molecular complexity index is 481. The third-order valence-corrected chi connectivity index (χ3v) is 4.94. The van der Waals surface area contributed by atoms with Gasteiger partial charge < -0.3 is 9.80 Å².